The van der Waals surface area contributed by atoms with E-state index in [0.717, 1.165) is 16.9 Å². The molecule has 0 bridgehead atoms. The molecule has 7 heteroatoms. The van der Waals surface area contributed by atoms with Gasteiger partial charge in [-0.1, -0.05) is 29.8 Å². The Balaban J connectivity index is 1.78. The Bertz CT molecular complexity index is 689. The number of halogens is 1. The first-order chi connectivity index (χ1) is 11.5. The number of benzene rings is 1. The highest BCUT2D eigenvalue weighted by Gasteiger charge is 2.11. The van der Waals surface area contributed by atoms with E-state index in [1.165, 1.54) is 6.20 Å². The predicted octanol–water partition coefficient (Wildman–Crippen LogP) is 2.91. The van der Waals surface area contributed by atoms with Crippen LogP contribution in [0.15, 0.2) is 36.5 Å². The summed E-state index contributed by atoms with van der Waals surface area (Å²) < 4.78 is 5.65. The van der Waals surface area contributed by atoms with E-state index in [1.54, 1.807) is 12.1 Å². The van der Waals surface area contributed by atoms with Crippen LogP contribution < -0.4 is 15.4 Å². The van der Waals surface area contributed by atoms with Crippen molar-refractivity contribution in [2.75, 3.05) is 18.5 Å². The third-order valence-corrected chi connectivity index (χ3v) is 3.64. The smallest absolute Gasteiger partial charge is 0.319 e. The second-order valence-electron chi connectivity index (χ2n) is 5.36. The van der Waals surface area contributed by atoms with Gasteiger partial charge in [-0.15, -0.1) is 0 Å². The molecule has 1 aromatic carbocycles. The highest BCUT2D eigenvalue weighted by molar-refractivity contribution is 6.32. The number of carbonyl (C=O) groups is 1. The molecule has 0 saturated carbocycles. The van der Waals surface area contributed by atoms with Crippen molar-refractivity contribution < 1.29 is 14.6 Å². The van der Waals surface area contributed by atoms with Crippen LogP contribution in [0.5, 0.6) is 5.75 Å². The molecule has 128 valence electrons. The van der Waals surface area contributed by atoms with Crippen LogP contribution in [0.25, 0.3) is 0 Å². The predicted molar refractivity (Wildman–Crippen MR) is 93.7 cm³/mol. The van der Waals surface area contributed by atoms with Gasteiger partial charge in [-0.05, 0) is 37.1 Å². The van der Waals surface area contributed by atoms with Crippen LogP contribution >= 0.6 is 11.6 Å². The van der Waals surface area contributed by atoms with Gasteiger partial charge >= 0.3 is 6.03 Å². The first-order valence-corrected chi connectivity index (χ1v) is 7.87. The summed E-state index contributed by atoms with van der Waals surface area (Å²) in [6, 6.07) is 8.65. The highest BCUT2D eigenvalue weighted by atomic mass is 35.5. The molecule has 0 fully saturated rings. The third-order valence-electron chi connectivity index (χ3n) is 3.33. The Morgan fingerprint density at radius 2 is 2.00 bits per heavy atom. The molecule has 0 aliphatic carbocycles. The number of aryl methyl sites for hydroxylation is 2. The molecule has 24 heavy (non-hydrogen) atoms. The summed E-state index contributed by atoms with van der Waals surface area (Å²) in [7, 11) is 0. The number of aromatic nitrogens is 1. The molecule has 0 spiro atoms. The molecule has 0 aliphatic heterocycles. The van der Waals surface area contributed by atoms with E-state index >= 15 is 0 Å². The molecule has 0 radical (unpaired) electrons. The van der Waals surface area contributed by atoms with Gasteiger partial charge in [-0.25, -0.2) is 9.78 Å². The maximum Gasteiger partial charge on any atom is 0.319 e. The zero-order valence-corrected chi connectivity index (χ0v) is 14.3. The number of hydrogen-bond donors (Lipinski definition) is 3. The van der Waals surface area contributed by atoms with Gasteiger partial charge in [0.1, 0.15) is 18.5 Å². The standard InChI is InChI=1S/C17H20ClN3O3/c1-11-5-3-6-12(2)15(11)24-10-13(22)9-20-17(23)21-14-7-4-8-19-16(14)18/h3-8,13,22H,9-10H2,1-2H3,(H2,20,21,23). The van der Waals surface area contributed by atoms with Crippen LogP contribution in [0.1, 0.15) is 11.1 Å². The molecule has 2 aromatic rings. The van der Waals surface area contributed by atoms with Gasteiger partial charge in [0.25, 0.3) is 0 Å². The number of para-hydroxylation sites is 1. The zero-order valence-electron chi connectivity index (χ0n) is 13.5. The van der Waals surface area contributed by atoms with Crippen molar-refractivity contribution >= 4 is 23.3 Å². The van der Waals surface area contributed by atoms with Gasteiger partial charge in [0, 0.05) is 12.7 Å². The molecule has 6 nitrogen and oxygen atoms in total. The second kappa shape index (κ2) is 8.52. The summed E-state index contributed by atoms with van der Waals surface area (Å²) >= 11 is 5.86. The Hall–Kier alpha value is -2.31. The van der Waals surface area contributed by atoms with Crippen molar-refractivity contribution in [2.45, 2.75) is 20.0 Å². The number of pyridine rings is 1. The fraction of sp³-hybridized carbons (Fsp3) is 0.294. The summed E-state index contributed by atoms with van der Waals surface area (Å²) in [6.45, 7) is 4.02. The topological polar surface area (TPSA) is 83.5 Å². The van der Waals surface area contributed by atoms with Crippen molar-refractivity contribution in [3.05, 3.63) is 52.8 Å². The summed E-state index contributed by atoms with van der Waals surface area (Å²) in [5.74, 6) is 0.753. The average Bonchev–Trinajstić information content (AvgIpc) is 2.54. The number of aliphatic hydroxyl groups excluding tert-OH is 1. The van der Waals surface area contributed by atoms with E-state index in [9.17, 15) is 9.90 Å². The minimum atomic E-state index is -0.834. The minimum Gasteiger partial charge on any atom is -0.490 e. The van der Waals surface area contributed by atoms with Crippen LogP contribution in [0.3, 0.4) is 0 Å². The van der Waals surface area contributed by atoms with Gasteiger partial charge in [0.15, 0.2) is 5.15 Å². The number of ether oxygens (including phenoxy) is 1. The number of nitrogens with one attached hydrogen (secondary N) is 2. The first kappa shape index (κ1) is 18.0. The van der Waals surface area contributed by atoms with Crippen LogP contribution in [0.4, 0.5) is 10.5 Å². The van der Waals surface area contributed by atoms with Crippen LogP contribution in [0, 0.1) is 13.8 Å². The highest BCUT2D eigenvalue weighted by Crippen LogP contribution is 2.22. The summed E-state index contributed by atoms with van der Waals surface area (Å²) in [4.78, 5) is 15.7. The van der Waals surface area contributed by atoms with Crippen molar-refractivity contribution in [1.82, 2.24) is 10.3 Å². The van der Waals surface area contributed by atoms with Crippen LogP contribution in [0.2, 0.25) is 5.15 Å². The second-order valence-corrected chi connectivity index (χ2v) is 5.72. The molecular weight excluding hydrogens is 330 g/mol. The van der Waals surface area contributed by atoms with Crippen molar-refractivity contribution in [2.24, 2.45) is 0 Å². The van der Waals surface area contributed by atoms with Crippen molar-refractivity contribution in [3.63, 3.8) is 0 Å². The van der Waals surface area contributed by atoms with E-state index in [2.05, 4.69) is 15.6 Å². The number of urea groups is 1. The van der Waals surface area contributed by atoms with Gasteiger partial charge in [0.2, 0.25) is 0 Å². The molecule has 3 N–H and O–H groups in total. The molecule has 0 saturated heterocycles. The molecule has 1 atom stereocenters. The largest absolute Gasteiger partial charge is 0.490 e. The number of hydrogen-bond acceptors (Lipinski definition) is 4. The quantitative estimate of drug-likeness (QED) is 0.700. The fourth-order valence-electron chi connectivity index (χ4n) is 2.12. The third kappa shape index (κ3) is 5.11. The van der Waals surface area contributed by atoms with E-state index < -0.39 is 12.1 Å². The number of aliphatic hydroxyl groups is 1. The zero-order chi connectivity index (χ0) is 17.5. The lowest BCUT2D eigenvalue weighted by atomic mass is 10.1. The number of amides is 2. The summed E-state index contributed by atoms with van der Waals surface area (Å²) in [5, 5.41) is 15.3. The molecule has 2 rings (SSSR count). The minimum absolute atomic E-state index is 0.0502. The van der Waals surface area contributed by atoms with Crippen LogP contribution in [-0.4, -0.2) is 35.4 Å². The number of nitrogens with zero attached hydrogens (tertiary/aromatic N) is 1. The molecule has 0 aliphatic rings. The van der Waals surface area contributed by atoms with Crippen molar-refractivity contribution in [1.29, 1.82) is 0 Å². The maximum absolute atomic E-state index is 11.8. The van der Waals surface area contributed by atoms with E-state index in [-0.39, 0.29) is 18.3 Å². The summed E-state index contributed by atoms with van der Waals surface area (Å²) in [5.41, 5.74) is 2.40. The monoisotopic (exact) mass is 349 g/mol. The number of anilines is 1. The van der Waals surface area contributed by atoms with E-state index in [4.69, 9.17) is 16.3 Å². The number of rotatable bonds is 6. The Morgan fingerprint density at radius 3 is 2.67 bits per heavy atom. The SMILES string of the molecule is Cc1cccc(C)c1OCC(O)CNC(=O)Nc1cccnc1Cl. The molecule has 2 amide bonds. The Morgan fingerprint density at radius 1 is 1.29 bits per heavy atom. The lowest BCUT2D eigenvalue weighted by Gasteiger charge is -2.16. The first-order valence-electron chi connectivity index (χ1n) is 7.50. The molecule has 1 unspecified atom stereocenters. The number of carbonyl (C=O) groups excluding carboxylic acids is 1. The Labute approximate surface area is 145 Å². The Kier molecular flexibility index (Phi) is 6.40. The van der Waals surface area contributed by atoms with Gasteiger partial charge in [-0.3, -0.25) is 0 Å². The lowest BCUT2D eigenvalue weighted by Crippen LogP contribution is -2.37. The van der Waals surface area contributed by atoms with E-state index in [0.29, 0.717) is 5.69 Å². The van der Waals surface area contributed by atoms with Crippen molar-refractivity contribution in [3.8, 4) is 5.75 Å². The lowest BCUT2D eigenvalue weighted by molar-refractivity contribution is 0.107. The van der Waals surface area contributed by atoms with Gasteiger partial charge < -0.3 is 20.5 Å². The molecular formula is C17H20ClN3O3. The van der Waals surface area contributed by atoms with E-state index in [1.807, 2.05) is 32.0 Å². The molecule has 1 aromatic heterocycles. The fourth-order valence-corrected chi connectivity index (χ4v) is 2.29. The van der Waals surface area contributed by atoms with Crippen LogP contribution in [-0.2, 0) is 0 Å². The van der Waals surface area contributed by atoms with Gasteiger partial charge in [0.05, 0.1) is 5.69 Å². The maximum atomic E-state index is 11.8. The van der Waals surface area contributed by atoms with Gasteiger partial charge in [-0.2, -0.15) is 0 Å². The summed E-state index contributed by atoms with van der Waals surface area (Å²) in [6.07, 6.45) is 0.694. The molecule has 1 heterocycles. The average molecular weight is 350 g/mol. The normalized spacial score (nSPS) is 11.7.